The number of aryl methyl sites for hydroxylation is 4. The minimum absolute atomic E-state index is 0.187. The third-order valence-electron chi connectivity index (χ3n) is 7.45. The highest BCUT2D eigenvalue weighted by molar-refractivity contribution is 6.00. The molecule has 220 valence electrons. The number of amides is 3. The second-order valence-corrected chi connectivity index (χ2v) is 12.0. The van der Waals surface area contributed by atoms with E-state index in [1.54, 1.807) is 25.7 Å². The van der Waals surface area contributed by atoms with Crippen LogP contribution in [0.3, 0.4) is 0 Å². The first kappa shape index (κ1) is 32.9. The molecule has 2 aromatic rings. The van der Waals surface area contributed by atoms with Gasteiger partial charge < -0.3 is 20.3 Å². The van der Waals surface area contributed by atoms with Gasteiger partial charge in [0.05, 0.1) is 0 Å². The predicted octanol–water partition coefficient (Wildman–Crippen LogP) is 7.17. The number of hydrogen-bond acceptors (Lipinski definition) is 4. The van der Waals surface area contributed by atoms with Gasteiger partial charge in [0.25, 0.3) is 5.91 Å². The molecule has 2 aromatic carbocycles. The molecule has 40 heavy (non-hydrogen) atoms. The van der Waals surface area contributed by atoms with Gasteiger partial charge in [-0.15, -0.1) is 0 Å². The van der Waals surface area contributed by atoms with Gasteiger partial charge in [-0.3, -0.25) is 9.59 Å². The van der Waals surface area contributed by atoms with Crippen molar-refractivity contribution in [1.82, 2.24) is 10.2 Å². The van der Waals surface area contributed by atoms with Crippen molar-refractivity contribution in [2.75, 3.05) is 5.32 Å². The highest BCUT2D eigenvalue weighted by Gasteiger charge is 2.40. The van der Waals surface area contributed by atoms with Gasteiger partial charge in [0, 0.05) is 11.7 Å². The van der Waals surface area contributed by atoms with Gasteiger partial charge in [-0.25, -0.2) is 4.79 Å². The van der Waals surface area contributed by atoms with Crippen LogP contribution in [0.4, 0.5) is 10.5 Å². The van der Waals surface area contributed by atoms with E-state index in [0.717, 1.165) is 33.5 Å². The molecule has 0 bridgehead atoms. The summed E-state index contributed by atoms with van der Waals surface area (Å²) in [5.41, 5.74) is 4.66. The fourth-order valence-electron chi connectivity index (χ4n) is 4.83. The normalized spacial score (nSPS) is 14.5. The van der Waals surface area contributed by atoms with E-state index in [0.29, 0.717) is 12.8 Å². The molecule has 0 aliphatic rings. The Morgan fingerprint density at radius 2 is 1.50 bits per heavy atom. The summed E-state index contributed by atoms with van der Waals surface area (Å²) < 4.78 is 5.51. The van der Waals surface area contributed by atoms with Gasteiger partial charge >= 0.3 is 6.09 Å². The van der Waals surface area contributed by atoms with E-state index >= 15 is 0 Å². The van der Waals surface area contributed by atoms with Crippen LogP contribution in [0.1, 0.15) is 95.2 Å². The molecule has 0 aromatic heterocycles. The van der Waals surface area contributed by atoms with Crippen molar-refractivity contribution in [1.29, 1.82) is 0 Å². The second kappa shape index (κ2) is 13.8. The maximum atomic E-state index is 14.5. The molecule has 7 nitrogen and oxygen atoms in total. The summed E-state index contributed by atoms with van der Waals surface area (Å²) in [5, 5.41) is 5.98. The van der Waals surface area contributed by atoms with Crippen molar-refractivity contribution in [2.24, 2.45) is 5.92 Å². The van der Waals surface area contributed by atoms with Crippen LogP contribution in [0.25, 0.3) is 0 Å². The molecule has 2 N–H and O–H groups in total. The third kappa shape index (κ3) is 8.33. The summed E-state index contributed by atoms with van der Waals surface area (Å²) in [7, 11) is 0. The maximum absolute atomic E-state index is 14.5. The predicted molar refractivity (Wildman–Crippen MR) is 162 cm³/mol. The van der Waals surface area contributed by atoms with Crippen molar-refractivity contribution in [3.8, 4) is 0 Å². The topological polar surface area (TPSA) is 87.7 Å². The van der Waals surface area contributed by atoms with Crippen LogP contribution in [0.15, 0.2) is 36.4 Å². The van der Waals surface area contributed by atoms with Gasteiger partial charge in [0.15, 0.2) is 0 Å². The lowest BCUT2D eigenvalue weighted by atomic mass is 9.92. The quantitative estimate of drug-likeness (QED) is 0.328. The lowest BCUT2D eigenvalue weighted by Gasteiger charge is -2.40. The number of nitrogens with zero attached hydrogens (tertiary/aromatic N) is 1. The van der Waals surface area contributed by atoms with Crippen molar-refractivity contribution < 1.29 is 19.1 Å². The second-order valence-electron chi connectivity index (χ2n) is 12.0. The van der Waals surface area contributed by atoms with Gasteiger partial charge in [0.2, 0.25) is 5.91 Å². The van der Waals surface area contributed by atoms with Crippen LogP contribution < -0.4 is 10.6 Å². The van der Waals surface area contributed by atoms with E-state index in [-0.39, 0.29) is 23.8 Å². The van der Waals surface area contributed by atoms with E-state index in [1.807, 2.05) is 91.8 Å². The van der Waals surface area contributed by atoms with Crippen molar-refractivity contribution in [3.05, 3.63) is 64.2 Å². The number of carbonyl (C=O) groups excluding carboxylic acids is 3. The standard InChI is InChI=1S/C33H49N3O4/c1-12-21(4)28(35-32(39)40-33(9,10)11)31(38)36(25(8)13-2)29(26-18-17-20(3)19-24(26)7)30(37)34-27-22(5)15-14-16-23(27)6/h14-19,21,25,28-29H,12-13H2,1-11H3,(H,34,37)(H,35,39). The molecule has 3 amide bonds. The zero-order valence-electron chi connectivity index (χ0n) is 26.3. The summed E-state index contributed by atoms with van der Waals surface area (Å²) >= 11 is 0. The number of nitrogens with one attached hydrogen (secondary N) is 2. The first-order valence-corrected chi connectivity index (χ1v) is 14.4. The number of hydrogen-bond donors (Lipinski definition) is 2. The van der Waals surface area contributed by atoms with E-state index in [1.165, 1.54) is 0 Å². The summed E-state index contributed by atoms with van der Waals surface area (Å²) in [6.45, 7) is 21.1. The maximum Gasteiger partial charge on any atom is 0.408 e. The Labute approximate surface area is 241 Å². The van der Waals surface area contributed by atoms with Crippen LogP contribution in [0.2, 0.25) is 0 Å². The molecular formula is C33H49N3O4. The largest absolute Gasteiger partial charge is 0.444 e. The molecule has 0 heterocycles. The fourth-order valence-corrected chi connectivity index (χ4v) is 4.83. The highest BCUT2D eigenvalue weighted by atomic mass is 16.6. The summed E-state index contributed by atoms with van der Waals surface area (Å²) in [6.07, 6.45) is 0.630. The number of carbonyl (C=O) groups is 3. The Balaban J connectivity index is 2.68. The molecular weight excluding hydrogens is 502 g/mol. The molecule has 4 atom stereocenters. The van der Waals surface area contributed by atoms with E-state index in [2.05, 4.69) is 10.6 Å². The number of anilines is 1. The summed E-state index contributed by atoms with van der Waals surface area (Å²) in [5.74, 6) is -0.789. The summed E-state index contributed by atoms with van der Waals surface area (Å²) in [4.78, 5) is 43.3. The van der Waals surface area contributed by atoms with Crippen LogP contribution in [0.5, 0.6) is 0 Å². The van der Waals surface area contributed by atoms with E-state index < -0.39 is 23.8 Å². The minimum Gasteiger partial charge on any atom is -0.444 e. The van der Waals surface area contributed by atoms with Crippen molar-refractivity contribution in [2.45, 2.75) is 113 Å². The highest BCUT2D eigenvalue weighted by Crippen LogP contribution is 2.32. The number of alkyl carbamates (subject to hydrolysis) is 1. The first-order chi connectivity index (χ1) is 18.6. The lowest BCUT2D eigenvalue weighted by Crippen LogP contribution is -2.57. The van der Waals surface area contributed by atoms with Gasteiger partial charge in [-0.05, 0) is 90.0 Å². The van der Waals surface area contributed by atoms with Crippen LogP contribution in [-0.4, -0.2) is 40.5 Å². The molecule has 0 radical (unpaired) electrons. The SMILES string of the molecule is CCC(C)C(NC(=O)OC(C)(C)C)C(=O)N(C(C)CC)C(C(=O)Nc1c(C)cccc1C)c1ccc(C)cc1C. The average molecular weight is 552 g/mol. The Morgan fingerprint density at radius 3 is 2.00 bits per heavy atom. The summed E-state index contributed by atoms with van der Waals surface area (Å²) in [6, 6.07) is 9.73. The molecule has 0 spiro atoms. The van der Waals surface area contributed by atoms with Crippen molar-refractivity contribution >= 4 is 23.6 Å². The number of ether oxygens (including phenoxy) is 1. The molecule has 2 rings (SSSR count). The van der Waals surface area contributed by atoms with Crippen molar-refractivity contribution in [3.63, 3.8) is 0 Å². The Hall–Kier alpha value is -3.35. The van der Waals surface area contributed by atoms with Crippen LogP contribution in [0, 0.1) is 33.6 Å². The van der Waals surface area contributed by atoms with E-state index in [4.69, 9.17) is 4.74 Å². The number of para-hydroxylation sites is 1. The van der Waals surface area contributed by atoms with Gasteiger partial charge in [0.1, 0.15) is 17.7 Å². The van der Waals surface area contributed by atoms with Gasteiger partial charge in [-0.2, -0.15) is 0 Å². The monoisotopic (exact) mass is 551 g/mol. The zero-order chi connectivity index (χ0) is 30.4. The van der Waals surface area contributed by atoms with E-state index in [9.17, 15) is 14.4 Å². The molecule has 0 fully saturated rings. The Morgan fingerprint density at radius 1 is 0.900 bits per heavy atom. The van der Waals surface area contributed by atoms with Gasteiger partial charge in [-0.1, -0.05) is 69.2 Å². The van der Waals surface area contributed by atoms with Crippen LogP contribution >= 0.6 is 0 Å². The first-order valence-electron chi connectivity index (χ1n) is 14.4. The zero-order valence-corrected chi connectivity index (χ0v) is 26.3. The molecule has 4 unspecified atom stereocenters. The number of benzene rings is 2. The molecule has 7 heteroatoms. The lowest BCUT2D eigenvalue weighted by molar-refractivity contribution is -0.144. The number of rotatable bonds is 10. The smallest absolute Gasteiger partial charge is 0.408 e. The molecule has 0 aliphatic heterocycles. The Kier molecular flexibility index (Phi) is 11.4. The van der Waals surface area contributed by atoms with Crippen LogP contribution in [-0.2, 0) is 14.3 Å². The average Bonchev–Trinajstić information content (AvgIpc) is 2.86. The Bertz CT molecular complexity index is 1180. The third-order valence-corrected chi connectivity index (χ3v) is 7.45. The molecule has 0 aliphatic carbocycles. The fraction of sp³-hybridized carbons (Fsp3) is 0.545. The molecule has 0 saturated carbocycles. The molecule has 0 saturated heterocycles. The minimum atomic E-state index is -0.908.